The van der Waals surface area contributed by atoms with Crippen molar-refractivity contribution in [3.05, 3.63) is 46.5 Å². The summed E-state index contributed by atoms with van der Waals surface area (Å²) < 4.78 is 6.07. The zero-order chi connectivity index (χ0) is 16.7. The third kappa shape index (κ3) is 1.69. The first-order valence-electron chi connectivity index (χ1n) is 8.24. The first-order chi connectivity index (χ1) is 10.7. The maximum atomic E-state index is 13.2. The van der Waals surface area contributed by atoms with E-state index in [-0.39, 0.29) is 23.4 Å². The predicted octanol–water partition coefficient (Wildman–Crippen LogP) is 3.20. The van der Waals surface area contributed by atoms with Crippen LogP contribution < -0.4 is 0 Å². The summed E-state index contributed by atoms with van der Waals surface area (Å²) in [6.45, 7) is 9.90. The van der Waals surface area contributed by atoms with E-state index in [1.54, 1.807) is 0 Å². The molecule has 3 aliphatic rings. The maximum absolute atomic E-state index is 13.2. The van der Waals surface area contributed by atoms with Crippen LogP contribution in [0.1, 0.15) is 42.0 Å². The van der Waals surface area contributed by atoms with Gasteiger partial charge in [-0.15, -0.1) is 0 Å². The summed E-state index contributed by atoms with van der Waals surface area (Å²) in [7, 11) is 0. The molecule has 3 heteroatoms. The quantitative estimate of drug-likeness (QED) is 0.591. The van der Waals surface area contributed by atoms with Crippen molar-refractivity contribution in [2.75, 3.05) is 0 Å². The van der Waals surface area contributed by atoms with E-state index in [1.807, 2.05) is 46.8 Å². The van der Waals surface area contributed by atoms with Crippen molar-refractivity contribution in [3.63, 3.8) is 0 Å². The van der Waals surface area contributed by atoms with Gasteiger partial charge in [-0.1, -0.05) is 29.8 Å². The number of hydrogen-bond acceptors (Lipinski definition) is 3. The van der Waals surface area contributed by atoms with Crippen molar-refractivity contribution in [3.8, 4) is 0 Å². The molecule has 1 saturated carbocycles. The molecule has 1 aliphatic carbocycles. The molecule has 2 bridgehead atoms. The summed E-state index contributed by atoms with van der Waals surface area (Å²) >= 11 is 0. The first-order valence-corrected chi connectivity index (χ1v) is 8.24. The van der Waals surface area contributed by atoms with Crippen LogP contribution in [0, 0.1) is 32.6 Å². The smallest absolute Gasteiger partial charge is 0.154 e. The van der Waals surface area contributed by atoms with Gasteiger partial charge in [0.25, 0.3) is 0 Å². The van der Waals surface area contributed by atoms with Gasteiger partial charge in [0, 0.05) is 0 Å². The van der Waals surface area contributed by atoms with Crippen LogP contribution in [-0.2, 0) is 14.3 Å². The summed E-state index contributed by atoms with van der Waals surface area (Å²) in [5.74, 6) is -1.27. The number of hydrogen-bond donors (Lipinski definition) is 0. The number of benzene rings is 1. The Hall–Kier alpha value is -1.74. The van der Waals surface area contributed by atoms with Crippen LogP contribution in [0.2, 0.25) is 0 Å². The number of Topliss-reactive ketones (excluding diaryl/α,β-unsaturated/α-hetero) is 2. The van der Waals surface area contributed by atoms with Crippen LogP contribution in [0.3, 0.4) is 0 Å². The molecule has 3 nitrogen and oxygen atoms in total. The van der Waals surface area contributed by atoms with Crippen molar-refractivity contribution in [1.82, 2.24) is 0 Å². The van der Waals surface area contributed by atoms with Gasteiger partial charge in [0.1, 0.15) is 5.92 Å². The molecule has 2 heterocycles. The topological polar surface area (TPSA) is 43.4 Å². The number of carbonyl (C=O) groups excluding carboxylic acids is 2. The maximum Gasteiger partial charge on any atom is 0.154 e. The fourth-order valence-corrected chi connectivity index (χ4v) is 5.19. The average Bonchev–Trinajstić information content (AvgIpc) is 2.96. The highest BCUT2D eigenvalue weighted by molar-refractivity contribution is 6.18. The van der Waals surface area contributed by atoms with Crippen LogP contribution in [0.15, 0.2) is 24.3 Å². The van der Waals surface area contributed by atoms with E-state index in [0.717, 1.165) is 22.3 Å². The third-order valence-corrected chi connectivity index (χ3v) is 5.96. The lowest BCUT2D eigenvalue weighted by atomic mass is 9.73. The number of carbonyl (C=O) groups is 2. The molecule has 0 spiro atoms. The van der Waals surface area contributed by atoms with Crippen LogP contribution in [0.4, 0.5) is 0 Å². The monoisotopic (exact) mass is 310 g/mol. The van der Waals surface area contributed by atoms with Gasteiger partial charge in [-0.2, -0.15) is 0 Å². The van der Waals surface area contributed by atoms with E-state index in [0.29, 0.717) is 0 Å². The molecule has 2 fully saturated rings. The molecule has 120 valence electrons. The first kappa shape index (κ1) is 14.8. The molecule has 0 radical (unpaired) electrons. The minimum Gasteiger partial charge on any atom is -0.359 e. The summed E-state index contributed by atoms with van der Waals surface area (Å²) in [4.78, 5) is 26.4. The Labute approximate surface area is 136 Å². The SMILES string of the molecule is Cc1cc(C)c(C2C(=O)[C@@H]3[C@H](C2=O)[C@@]2(C)C=C[C@]3(C)O2)c(C)c1. The Morgan fingerprint density at radius 1 is 0.870 bits per heavy atom. The molecule has 0 amide bonds. The lowest BCUT2D eigenvalue weighted by Crippen LogP contribution is -2.36. The normalized spacial score (nSPS) is 41.0. The van der Waals surface area contributed by atoms with Crippen molar-refractivity contribution in [1.29, 1.82) is 0 Å². The number of fused-ring (bicyclic) bond motifs is 5. The van der Waals surface area contributed by atoms with Gasteiger partial charge in [0.05, 0.1) is 23.0 Å². The standard InChI is InChI=1S/C20H22O3/c1-10-8-11(2)13(12(3)9-10)14-17(21)15-16(18(14)22)20(5)7-6-19(15,4)23-20/h6-9,14-16H,1-5H3/t14?,15-,16+,19-,20+. The summed E-state index contributed by atoms with van der Waals surface area (Å²) in [5.41, 5.74) is 2.87. The highest BCUT2D eigenvalue weighted by atomic mass is 16.5. The fraction of sp³-hybridized carbons (Fsp3) is 0.500. The van der Waals surface area contributed by atoms with Crippen molar-refractivity contribution in [2.24, 2.45) is 11.8 Å². The minimum absolute atomic E-state index is 0.0330. The van der Waals surface area contributed by atoms with E-state index >= 15 is 0 Å². The Balaban J connectivity index is 1.86. The van der Waals surface area contributed by atoms with Crippen molar-refractivity contribution in [2.45, 2.75) is 51.7 Å². The van der Waals surface area contributed by atoms with E-state index in [4.69, 9.17) is 4.74 Å². The Kier molecular flexibility index (Phi) is 2.71. The Bertz CT molecular complexity index is 731. The van der Waals surface area contributed by atoms with Gasteiger partial charge in [-0.25, -0.2) is 0 Å². The molecular weight excluding hydrogens is 288 g/mol. The second-order valence-electron chi connectivity index (χ2n) is 7.81. The van der Waals surface area contributed by atoms with E-state index < -0.39 is 17.1 Å². The fourth-order valence-electron chi connectivity index (χ4n) is 5.19. The average molecular weight is 310 g/mol. The molecule has 4 rings (SSSR count). The number of rotatable bonds is 1. The van der Waals surface area contributed by atoms with Crippen LogP contribution in [0.5, 0.6) is 0 Å². The highest BCUT2D eigenvalue weighted by Crippen LogP contribution is 2.59. The van der Waals surface area contributed by atoms with E-state index in [1.165, 1.54) is 0 Å². The number of ether oxygens (including phenoxy) is 1. The number of ketones is 2. The third-order valence-electron chi connectivity index (χ3n) is 5.96. The van der Waals surface area contributed by atoms with Gasteiger partial charge in [-0.05, 0) is 51.3 Å². The van der Waals surface area contributed by atoms with E-state index in [9.17, 15) is 9.59 Å². The van der Waals surface area contributed by atoms with Gasteiger partial charge in [-0.3, -0.25) is 9.59 Å². The molecule has 0 N–H and O–H groups in total. The van der Waals surface area contributed by atoms with E-state index in [2.05, 4.69) is 12.1 Å². The lowest BCUT2D eigenvalue weighted by molar-refractivity contribution is -0.131. The molecule has 1 aromatic carbocycles. The molecular formula is C20H22O3. The second-order valence-corrected chi connectivity index (χ2v) is 7.81. The lowest BCUT2D eigenvalue weighted by Gasteiger charge is -2.24. The van der Waals surface area contributed by atoms with Gasteiger partial charge in [0.15, 0.2) is 11.6 Å². The van der Waals surface area contributed by atoms with Crippen LogP contribution in [0.25, 0.3) is 0 Å². The van der Waals surface area contributed by atoms with Crippen molar-refractivity contribution >= 4 is 11.6 Å². The molecule has 5 atom stereocenters. The molecule has 1 aromatic rings. The molecule has 1 saturated heterocycles. The minimum atomic E-state index is -0.632. The Morgan fingerprint density at radius 3 is 1.74 bits per heavy atom. The van der Waals surface area contributed by atoms with Gasteiger partial charge < -0.3 is 4.74 Å². The number of aryl methyl sites for hydroxylation is 3. The van der Waals surface area contributed by atoms with Crippen LogP contribution >= 0.6 is 0 Å². The summed E-state index contributed by atoms with van der Waals surface area (Å²) in [6, 6.07) is 4.12. The van der Waals surface area contributed by atoms with Crippen LogP contribution in [-0.4, -0.2) is 22.8 Å². The zero-order valence-corrected chi connectivity index (χ0v) is 14.3. The zero-order valence-electron chi connectivity index (χ0n) is 14.3. The summed E-state index contributed by atoms with van der Waals surface area (Å²) in [5, 5.41) is 0. The highest BCUT2D eigenvalue weighted by Gasteiger charge is 2.70. The molecule has 0 aromatic heterocycles. The predicted molar refractivity (Wildman–Crippen MR) is 87.4 cm³/mol. The molecule has 1 unspecified atom stereocenters. The Morgan fingerprint density at radius 2 is 1.30 bits per heavy atom. The second kappa shape index (κ2) is 4.21. The van der Waals surface area contributed by atoms with Crippen molar-refractivity contribution < 1.29 is 14.3 Å². The molecule has 2 aliphatic heterocycles. The largest absolute Gasteiger partial charge is 0.359 e. The summed E-state index contributed by atoms with van der Waals surface area (Å²) in [6.07, 6.45) is 3.94. The van der Waals surface area contributed by atoms with Gasteiger partial charge in [0.2, 0.25) is 0 Å². The van der Waals surface area contributed by atoms with Gasteiger partial charge >= 0.3 is 0 Å². The molecule has 23 heavy (non-hydrogen) atoms.